The third-order valence-corrected chi connectivity index (χ3v) is 5.66. The Kier molecular flexibility index (Phi) is 3.77. The number of benzene rings is 1. The van der Waals surface area contributed by atoms with E-state index in [4.69, 9.17) is 0 Å². The highest BCUT2D eigenvalue weighted by atomic mass is 79.9. The molecule has 2 heterocycles. The van der Waals surface area contributed by atoms with Gasteiger partial charge in [0, 0.05) is 36.4 Å². The fourth-order valence-corrected chi connectivity index (χ4v) is 3.74. The molecule has 0 aliphatic carbocycles. The normalized spacial score (nSPS) is 17.0. The summed E-state index contributed by atoms with van der Waals surface area (Å²) in [6, 6.07) is 8.65. The standard InChI is InChI=1S/C15H17Br2N3/c1-10-14(17)13(20(2)19-10)7-15(8-18-9-15)11-4-3-5-12(16)6-11/h3-6,18H,7-9H2,1-2H3. The van der Waals surface area contributed by atoms with Gasteiger partial charge in [-0.3, -0.25) is 4.68 Å². The fraction of sp³-hybridized carbons (Fsp3) is 0.400. The second kappa shape index (κ2) is 5.28. The first-order valence-corrected chi connectivity index (χ1v) is 8.25. The maximum absolute atomic E-state index is 4.50. The summed E-state index contributed by atoms with van der Waals surface area (Å²) in [5, 5.41) is 7.93. The highest BCUT2D eigenvalue weighted by Gasteiger charge is 2.40. The predicted molar refractivity (Wildman–Crippen MR) is 88.0 cm³/mol. The Morgan fingerprint density at radius 3 is 2.60 bits per heavy atom. The Bertz CT molecular complexity index is 645. The molecule has 20 heavy (non-hydrogen) atoms. The summed E-state index contributed by atoms with van der Waals surface area (Å²) >= 11 is 7.26. The first-order valence-electron chi connectivity index (χ1n) is 6.67. The summed E-state index contributed by atoms with van der Waals surface area (Å²) in [7, 11) is 2.02. The van der Waals surface area contributed by atoms with Crippen molar-refractivity contribution in [2.24, 2.45) is 7.05 Å². The smallest absolute Gasteiger partial charge is 0.0738 e. The third-order valence-electron chi connectivity index (χ3n) is 4.13. The van der Waals surface area contributed by atoms with Gasteiger partial charge in [-0.2, -0.15) is 5.10 Å². The molecule has 1 aliphatic heterocycles. The zero-order chi connectivity index (χ0) is 14.3. The number of halogens is 2. The van der Waals surface area contributed by atoms with Crippen molar-refractivity contribution in [3.8, 4) is 0 Å². The zero-order valence-corrected chi connectivity index (χ0v) is 14.8. The summed E-state index contributed by atoms with van der Waals surface area (Å²) in [5.74, 6) is 0. The molecule has 0 atom stereocenters. The van der Waals surface area contributed by atoms with Crippen molar-refractivity contribution < 1.29 is 0 Å². The molecule has 3 rings (SSSR count). The highest BCUT2D eigenvalue weighted by molar-refractivity contribution is 9.10. The van der Waals surface area contributed by atoms with Crippen molar-refractivity contribution in [2.75, 3.05) is 13.1 Å². The van der Waals surface area contributed by atoms with Crippen LogP contribution in [0.15, 0.2) is 33.2 Å². The molecule has 1 aromatic carbocycles. The van der Waals surface area contributed by atoms with Crippen LogP contribution < -0.4 is 5.32 Å². The van der Waals surface area contributed by atoms with Crippen molar-refractivity contribution in [3.63, 3.8) is 0 Å². The van der Waals surface area contributed by atoms with Gasteiger partial charge in [-0.25, -0.2) is 0 Å². The van der Waals surface area contributed by atoms with E-state index in [0.29, 0.717) is 0 Å². The van der Waals surface area contributed by atoms with Gasteiger partial charge in [0.1, 0.15) is 0 Å². The van der Waals surface area contributed by atoms with Crippen molar-refractivity contribution in [1.29, 1.82) is 0 Å². The molecule has 106 valence electrons. The molecule has 2 aromatic rings. The van der Waals surface area contributed by atoms with E-state index in [0.717, 1.165) is 34.1 Å². The van der Waals surface area contributed by atoms with Crippen LogP contribution in [0, 0.1) is 6.92 Å². The average Bonchev–Trinajstić information content (AvgIpc) is 2.59. The molecular weight excluding hydrogens is 382 g/mol. The van der Waals surface area contributed by atoms with E-state index in [2.05, 4.69) is 66.5 Å². The van der Waals surface area contributed by atoms with E-state index in [1.54, 1.807) is 0 Å². The first-order chi connectivity index (χ1) is 9.52. The Morgan fingerprint density at radius 1 is 1.35 bits per heavy atom. The largest absolute Gasteiger partial charge is 0.315 e. The minimum atomic E-state index is 0.173. The second-order valence-electron chi connectivity index (χ2n) is 5.54. The molecule has 0 bridgehead atoms. The van der Waals surface area contributed by atoms with Crippen LogP contribution in [0.4, 0.5) is 0 Å². The first kappa shape index (κ1) is 14.3. The lowest BCUT2D eigenvalue weighted by atomic mass is 9.72. The number of hydrogen-bond acceptors (Lipinski definition) is 2. The molecule has 0 radical (unpaired) electrons. The van der Waals surface area contributed by atoms with Crippen molar-refractivity contribution >= 4 is 31.9 Å². The summed E-state index contributed by atoms with van der Waals surface area (Å²) in [5.41, 5.74) is 3.88. The maximum Gasteiger partial charge on any atom is 0.0738 e. The van der Waals surface area contributed by atoms with Crippen LogP contribution in [0.1, 0.15) is 17.0 Å². The lowest BCUT2D eigenvalue weighted by Gasteiger charge is -2.43. The molecular formula is C15H17Br2N3. The summed E-state index contributed by atoms with van der Waals surface area (Å²) in [6.45, 7) is 4.07. The molecule has 0 amide bonds. The van der Waals surface area contributed by atoms with E-state index in [1.165, 1.54) is 11.3 Å². The van der Waals surface area contributed by atoms with Gasteiger partial charge in [0.2, 0.25) is 0 Å². The Hall–Kier alpha value is -0.650. The van der Waals surface area contributed by atoms with E-state index in [9.17, 15) is 0 Å². The van der Waals surface area contributed by atoms with Crippen LogP contribution in [0.5, 0.6) is 0 Å². The van der Waals surface area contributed by atoms with E-state index < -0.39 is 0 Å². The summed E-state index contributed by atoms with van der Waals surface area (Å²) in [4.78, 5) is 0. The molecule has 1 fully saturated rings. The van der Waals surface area contributed by atoms with Gasteiger partial charge in [-0.1, -0.05) is 28.1 Å². The quantitative estimate of drug-likeness (QED) is 0.859. The van der Waals surface area contributed by atoms with E-state index >= 15 is 0 Å². The minimum absolute atomic E-state index is 0.173. The van der Waals surface area contributed by atoms with Crippen molar-refractivity contribution in [1.82, 2.24) is 15.1 Å². The van der Waals surface area contributed by atoms with Crippen LogP contribution >= 0.6 is 31.9 Å². The molecule has 1 N–H and O–H groups in total. The van der Waals surface area contributed by atoms with Crippen LogP contribution in [-0.4, -0.2) is 22.9 Å². The van der Waals surface area contributed by atoms with Gasteiger partial charge in [0.15, 0.2) is 0 Å². The molecule has 0 unspecified atom stereocenters. The lowest BCUT2D eigenvalue weighted by Crippen LogP contribution is -2.58. The number of aromatic nitrogens is 2. The molecule has 5 heteroatoms. The zero-order valence-electron chi connectivity index (χ0n) is 11.6. The number of nitrogens with one attached hydrogen (secondary N) is 1. The number of nitrogens with zero attached hydrogens (tertiary/aromatic N) is 2. The van der Waals surface area contributed by atoms with Gasteiger partial charge >= 0.3 is 0 Å². The third kappa shape index (κ3) is 2.36. The van der Waals surface area contributed by atoms with Crippen molar-refractivity contribution in [3.05, 3.63) is 50.2 Å². The molecule has 1 aliphatic rings. The van der Waals surface area contributed by atoms with Gasteiger partial charge in [0.25, 0.3) is 0 Å². The minimum Gasteiger partial charge on any atom is -0.315 e. The SMILES string of the molecule is Cc1nn(C)c(CC2(c3cccc(Br)c3)CNC2)c1Br. The number of rotatable bonds is 3. The number of hydrogen-bond donors (Lipinski definition) is 1. The van der Waals surface area contributed by atoms with E-state index in [-0.39, 0.29) is 5.41 Å². The molecule has 0 saturated carbocycles. The fourth-order valence-electron chi connectivity index (χ4n) is 2.87. The monoisotopic (exact) mass is 397 g/mol. The van der Waals surface area contributed by atoms with Gasteiger partial charge in [-0.15, -0.1) is 0 Å². The lowest BCUT2D eigenvalue weighted by molar-refractivity contribution is 0.269. The second-order valence-corrected chi connectivity index (χ2v) is 7.25. The van der Waals surface area contributed by atoms with Crippen molar-refractivity contribution in [2.45, 2.75) is 18.8 Å². The van der Waals surface area contributed by atoms with Gasteiger partial charge in [0.05, 0.1) is 15.9 Å². The van der Waals surface area contributed by atoms with Crippen LogP contribution in [0.2, 0.25) is 0 Å². The summed E-state index contributed by atoms with van der Waals surface area (Å²) in [6.07, 6.45) is 0.994. The van der Waals surface area contributed by atoms with Gasteiger partial charge < -0.3 is 5.32 Å². The topological polar surface area (TPSA) is 29.9 Å². The summed E-state index contributed by atoms with van der Waals surface area (Å²) < 4.78 is 4.28. The Labute approximate surface area is 136 Å². The Balaban J connectivity index is 1.98. The molecule has 1 aromatic heterocycles. The Morgan fingerprint density at radius 2 is 2.10 bits per heavy atom. The molecule has 3 nitrogen and oxygen atoms in total. The predicted octanol–water partition coefficient (Wildman–Crippen LogP) is 3.34. The molecule has 0 spiro atoms. The van der Waals surface area contributed by atoms with Crippen LogP contribution in [-0.2, 0) is 18.9 Å². The molecule has 1 saturated heterocycles. The van der Waals surface area contributed by atoms with Gasteiger partial charge in [-0.05, 0) is 40.5 Å². The van der Waals surface area contributed by atoms with Crippen LogP contribution in [0.3, 0.4) is 0 Å². The number of aryl methyl sites for hydroxylation is 2. The van der Waals surface area contributed by atoms with E-state index in [1.807, 2.05) is 18.7 Å². The van der Waals surface area contributed by atoms with Crippen LogP contribution in [0.25, 0.3) is 0 Å². The highest BCUT2D eigenvalue weighted by Crippen LogP contribution is 2.36. The average molecular weight is 399 g/mol. The maximum atomic E-state index is 4.50.